The molecule has 1 atom stereocenters. The maximum atomic E-state index is 5.44. The van der Waals surface area contributed by atoms with Crippen LogP contribution in [0.4, 0.5) is 0 Å². The first-order chi connectivity index (χ1) is 10.3. The van der Waals surface area contributed by atoms with Gasteiger partial charge in [-0.05, 0) is 37.3 Å². The number of hydrogen-bond donors (Lipinski definition) is 1. The molecule has 2 nitrogen and oxygen atoms in total. The van der Waals surface area contributed by atoms with Crippen LogP contribution in [-0.4, -0.2) is 7.11 Å². The van der Waals surface area contributed by atoms with Gasteiger partial charge in [0.05, 0.1) is 7.11 Å². The summed E-state index contributed by atoms with van der Waals surface area (Å²) in [6.07, 6.45) is 2.66. The van der Waals surface area contributed by atoms with E-state index in [-0.39, 0.29) is 0 Å². The average Bonchev–Trinajstić information content (AvgIpc) is 3.34. The Morgan fingerprint density at radius 1 is 1.10 bits per heavy atom. The number of aryl methyl sites for hydroxylation is 1. The molecule has 0 amide bonds. The van der Waals surface area contributed by atoms with E-state index in [9.17, 15) is 0 Å². The van der Waals surface area contributed by atoms with E-state index in [0.29, 0.717) is 6.04 Å². The monoisotopic (exact) mass is 281 g/mol. The summed E-state index contributed by atoms with van der Waals surface area (Å²) in [6.45, 7) is 2.98. The first-order valence-corrected chi connectivity index (χ1v) is 7.70. The maximum absolute atomic E-state index is 5.44. The second-order valence-corrected chi connectivity index (χ2v) is 5.92. The van der Waals surface area contributed by atoms with Crippen LogP contribution in [0, 0.1) is 12.8 Å². The van der Waals surface area contributed by atoms with E-state index < -0.39 is 0 Å². The van der Waals surface area contributed by atoms with Gasteiger partial charge in [0.25, 0.3) is 0 Å². The third-order valence-electron chi connectivity index (χ3n) is 4.23. The van der Waals surface area contributed by atoms with Crippen LogP contribution in [0.3, 0.4) is 0 Å². The van der Waals surface area contributed by atoms with Gasteiger partial charge >= 0.3 is 0 Å². The van der Waals surface area contributed by atoms with Gasteiger partial charge in [0.15, 0.2) is 0 Å². The Morgan fingerprint density at radius 2 is 1.81 bits per heavy atom. The quantitative estimate of drug-likeness (QED) is 0.855. The van der Waals surface area contributed by atoms with Crippen LogP contribution in [0.1, 0.15) is 35.6 Å². The van der Waals surface area contributed by atoms with Crippen molar-refractivity contribution in [1.82, 2.24) is 5.32 Å². The topological polar surface area (TPSA) is 21.3 Å². The van der Waals surface area contributed by atoms with Crippen LogP contribution in [0.15, 0.2) is 48.5 Å². The standard InChI is InChI=1S/C19H23NO/c1-14-7-9-15(10-8-14)19(16-11-12-16)20-13-17-5-3-4-6-18(17)21-2/h3-10,16,19-20H,11-13H2,1-2H3. The number of benzene rings is 2. The lowest BCUT2D eigenvalue weighted by Gasteiger charge is -2.20. The molecule has 0 saturated heterocycles. The zero-order chi connectivity index (χ0) is 14.7. The molecule has 0 aliphatic heterocycles. The molecule has 1 fully saturated rings. The van der Waals surface area contributed by atoms with Gasteiger partial charge < -0.3 is 10.1 Å². The smallest absolute Gasteiger partial charge is 0.123 e. The first-order valence-electron chi connectivity index (χ1n) is 7.70. The van der Waals surface area contributed by atoms with Crippen LogP contribution >= 0.6 is 0 Å². The maximum Gasteiger partial charge on any atom is 0.123 e. The fourth-order valence-electron chi connectivity index (χ4n) is 2.83. The highest BCUT2D eigenvalue weighted by Crippen LogP contribution is 2.41. The Labute approximate surface area is 127 Å². The Hall–Kier alpha value is -1.80. The van der Waals surface area contributed by atoms with E-state index in [0.717, 1.165) is 18.2 Å². The van der Waals surface area contributed by atoms with Gasteiger partial charge in [-0.25, -0.2) is 0 Å². The fraction of sp³-hybridized carbons (Fsp3) is 0.368. The average molecular weight is 281 g/mol. The van der Waals surface area contributed by atoms with Crippen molar-refractivity contribution in [1.29, 1.82) is 0 Å². The second-order valence-electron chi connectivity index (χ2n) is 5.92. The molecule has 0 radical (unpaired) electrons. The van der Waals surface area contributed by atoms with E-state index >= 15 is 0 Å². The number of methoxy groups -OCH3 is 1. The van der Waals surface area contributed by atoms with Crippen LogP contribution < -0.4 is 10.1 Å². The molecule has 110 valence electrons. The van der Waals surface area contributed by atoms with Gasteiger partial charge in [0.2, 0.25) is 0 Å². The van der Waals surface area contributed by atoms with Crippen molar-refractivity contribution in [2.24, 2.45) is 5.92 Å². The Bertz CT molecular complexity index is 587. The third-order valence-corrected chi connectivity index (χ3v) is 4.23. The van der Waals surface area contributed by atoms with Crippen molar-refractivity contribution in [2.75, 3.05) is 7.11 Å². The summed E-state index contributed by atoms with van der Waals surface area (Å²) < 4.78 is 5.44. The van der Waals surface area contributed by atoms with Crippen LogP contribution in [0.25, 0.3) is 0 Å². The molecule has 1 N–H and O–H groups in total. The van der Waals surface area contributed by atoms with Gasteiger partial charge in [0.1, 0.15) is 5.75 Å². The van der Waals surface area contributed by atoms with Crippen molar-refractivity contribution < 1.29 is 4.74 Å². The molecule has 0 aromatic heterocycles. The van der Waals surface area contributed by atoms with Gasteiger partial charge in [0, 0.05) is 18.2 Å². The van der Waals surface area contributed by atoms with E-state index in [2.05, 4.69) is 48.6 Å². The number of nitrogens with one attached hydrogen (secondary N) is 1. The Kier molecular flexibility index (Phi) is 4.26. The number of rotatable bonds is 6. The number of ether oxygens (including phenoxy) is 1. The number of para-hydroxylation sites is 1. The molecule has 2 aromatic carbocycles. The summed E-state index contributed by atoms with van der Waals surface area (Å²) >= 11 is 0. The zero-order valence-electron chi connectivity index (χ0n) is 12.8. The predicted octanol–water partition coefficient (Wildman–Crippen LogP) is 4.24. The minimum atomic E-state index is 0.454. The van der Waals surface area contributed by atoms with Gasteiger partial charge in [-0.2, -0.15) is 0 Å². The van der Waals surface area contributed by atoms with Crippen LogP contribution in [0.5, 0.6) is 5.75 Å². The molecule has 1 aliphatic rings. The lowest BCUT2D eigenvalue weighted by atomic mass is 10.0. The second kappa shape index (κ2) is 6.31. The summed E-state index contributed by atoms with van der Waals surface area (Å²) in [6, 6.07) is 17.6. The molecule has 21 heavy (non-hydrogen) atoms. The van der Waals surface area contributed by atoms with Crippen molar-refractivity contribution in [3.63, 3.8) is 0 Å². The largest absolute Gasteiger partial charge is 0.496 e. The van der Waals surface area contributed by atoms with Crippen LogP contribution in [0.2, 0.25) is 0 Å². The SMILES string of the molecule is COc1ccccc1CNC(c1ccc(C)cc1)C1CC1. The highest BCUT2D eigenvalue weighted by Gasteiger charge is 2.31. The summed E-state index contributed by atoms with van der Waals surface area (Å²) in [5.74, 6) is 1.74. The van der Waals surface area contributed by atoms with E-state index in [1.165, 1.54) is 29.5 Å². The van der Waals surface area contributed by atoms with Crippen molar-refractivity contribution in [2.45, 2.75) is 32.4 Å². The van der Waals surface area contributed by atoms with Gasteiger partial charge in [-0.1, -0.05) is 48.0 Å². The Balaban J connectivity index is 1.72. The molecular weight excluding hydrogens is 258 g/mol. The van der Waals surface area contributed by atoms with Crippen molar-refractivity contribution in [3.05, 3.63) is 65.2 Å². The van der Waals surface area contributed by atoms with Gasteiger partial charge in [-0.3, -0.25) is 0 Å². The molecule has 2 aromatic rings. The molecule has 2 heteroatoms. The lowest BCUT2D eigenvalue weighted by molar-refractivity contribution is 0.402. The molecule has 0 heterocycles. The molecule has 0 spiro atoms. The number of hydrogen-bond acceptors (Lipinski definition) is 2. The predicted molar refractivity (Wildman–Crippen MR) is 86.5 cm³/mol. The van der Waals surface area contributed by atoms with Crippen molar-refractivity contribution in [3.8, 4) is 5.75 Å². The lowest BCUT2D eigenvalue weighted by Crippen LogP contribution is -2.23. The minimum Gasteiger partial charge on any atom is -0.496 e. The fourth-order valence-corrected chi connectivity index (χ4v) is 2.83. The molecule has 1 aliphatic carbocycles. The summed E-state index contributed by atoms with van der Waals surface area (Å²) in [7, 11) is 1.73. The molecule has 0 bridgehead atoms. The van der Waals surface area contributed by atoms with Crippen molar-refractivity contribution >= 4 is 0 Å². The normalized spacial score (nSPS) is 15.7. The molecule has 3 rings (SSSR count). The summed E-state index contributed by atoms with van der Waals surface area (Å²) in [4.78, 5) is 0. The van der Waals surface area contributed by atoms with Gasteiger partial charge in [-0.15, -0.1) is 0 Å². The van der Waals surface area contributed by atoms with E-state index in [4.69, 9.17) is 4.74 Å². The third kappa shape index (κ3) is 3.45. The molecule has 1 unspecified atom stereocenters. The molecule has 1 saturated carbocycles. The summed E-state index contributed by atoms with van der Waals surface area (Å²) in [5, 5.41) is 3.73. The first kappa shape index (κ1) is 14.2. The summed E-state index contributed by atoms with van der Waals surface area (Å²) in [5.41, 5.74) is 3.94. The van der Waals surface area contributed by atoms with E-state index in [1.807, 2.05) is 12.1 Å². The van der Waals surface area contributed by atoms with E-state index in [1.54, 1.807) is 7.11 Å². The molecular formula is C19H23NO. The minimum absolute atomic E-state index is 0.454. The highest BCUT2D eigenvalue weighted by atomic mass is 16.5. The Morgan fingerprint density at radius 3 is 2.48 bits per heavy atom. The van der Waals surface area contributed by atoms with Crippen LogP contribution in [-0.2, 0) is 6.54 Å². The zero-order valence-corrected chi connectivity index (χ0v) is 12.8. The highest BCUT2D eigenvalue weighted by molar-refractivity contribution is 5.33.